The third-order valence-corrected chi connectivity index (χ3v) is 3.34. The predicted octanol–water partition coefficient (Wildman–Crippen LogP) is 6.17. The van der Waals surface area contributed by atoms with E-state index >= 15 is 0 Å². The van der Waals surface area contributed by atoms with E-state index in [2.05, 4.69) is 32.0 Å². The molecule has 0 aliphatic rings. The van der Waals surface area contributed by atoms with Gasteiger partial charge in [0.05, 0.1) is 0 Å². The van der Waals surface area contributed by atoms with E-state index < -0.39 is 0 Å². The Bertz CT molecular complexity index is 172. The summed E-state index contributed by atoms with van der Waals surface area (Å²) in [6.45, 7) is 6.56. The van der Waals surface area contributed by atoms with Crippen molar-refractivity contribution in [3.8, 4) is 0 Å². The fourth-order valence-electron chi connectivity index (χ4n) is 2.19. The lowest BCUT2D eigenvalue weighted by Crippen LogP contribution is -1.89. The summed E-state index contributed by atoms with van der Waals surface area (Å²) in [7, 11) is 0. The first-order chi connectivity index (χ1) is 8.77. The van der Waals surface area contributed by atoms with Gasteiger partial charge in [0.2, 0.25) is 0 Å². The van der Waals surface area contributed by atoms with Crippen LogP contribution in [0.3, 0.4) is 0 Å². The molecular weight excluding hydrogens is 218 g/mol. The molecule has 108 valence electrons. The smallest absolute Gasteiger partial charge is 0.0439 e. The summed E-state index contributed by atoms with van der Waals surface area (Å²) in [5.41, 5.74) is 0. The highest BCUT2D eigenvalue weighted by molar-refractivity contribution is 5.57. The van der Waals surface area contributed by atoms with Crippen LogP contribution in [-0.2, 0) is 0 Å². The average Bonchev–Trinajstić information content (AvgIpc) is 2.34. The van der Waals surface area contributed by atoms with Gasteiger partial charge in [-0.25, -0.2) is 0 Å². The fraction of sp³-hybridized carbons (Fsp3) is 0.941. The average molecular weight is 253 g/mol. The highest BCUT2D eigenvalue weighted by Crippen LogP contribution is 2.11. The van der Waals surface area contributed by atoms with E-state index in [-0.39, 0.29) is 0 Å². The van der Waals surface area contributed by atoms with Crippen LogP contribution in [0.15, 0.2) is 4.99 Å². The van der Waals surface area contributed by atoms with Crippen molar-refractivity contribution in [2.45, 2.75) is 104 Å². The maximum Gasteiger partial charge on any atom is 0.0439 e. The zero-order valence-electron chi connectivity index (χ0n) is 13.1. The highest BCUT2D eigenvalue weighted by atomic mass is 14.7. The van der Waals surface area contributed by atoms with Gasteiger partial charge in [0.1, 0.15) is 0 Å². The molecule has 0 amide bonds. The van der Waals surface area contributed by atoms with Crippen molar-refractivity contribution in [3.63, 3.8) is 0 Å². The molecule has 0 saturated carbocycles. The van der Waals surface area contributed by atoms with Crippen molar-refractivity contribution in [2.24, 2.45) is 4.99 Å². The van der Waals surface area contributed by atoms with Crippen LogP contribution in [-0.4, -0.2) is 12.3 Å². The number of nitrogens with zero attached hydrogens (tertiary/aromatic N) is 1. The molecule has 0 atom stereocenters. The van der Waals surface area contributed by atoms with Gasteiger partial charge in [-0.1, -0.05) is 71.1 Å². The van der Waals surface area contributed by atoms with Crippen LogP contribution in [0, 0.1) is 0 Å². The van der Waals surface area contributed by atoms with E-state index in [0.717, 1.165) is 0 Å². The highest BCUT2D eigenvalue weighted by Gasteiger charge is 1.92. The van der Waals surface area contributed by atoms with Crippen LogP contribution in [0.1, 0.15) is 97.8 Å². The molecule has 0 aromatic rings. The number of unbranched alkanes of at least 4 members (excludes halogenated alkanes) is 11. The Hall–Kier alpha value is -0.330. The first-order valence-electron chi connectivity index (χ1n) is 8.29. The van der Waals surface area contributed by atoms with Crippen LogP contribution in [0.5, 0.6) is 0 Å². The van der Waals surface area contributed by atoms with Gasteiger partial charge in [-0.05, 0) is 32.9 Å². The monoisotopic (exact) mass is 253 g/mol. The third-order valence-electron chi connectivity index (χ3n) is 3.34. The summed E-state index contributed by atoms with van der Waals surface area (Å²) in [4.78, 5) is 4.38. The zero-order chi connectivity index (χ0) is 13.5. The molecule has 1 heteroatoms. The normalized spacial score (nSPS) is 11.8. The first kappa shape index (κ1) is 17.7. The summed E-state index contributed by atoms with van der Waals surface area (Å²) in [6.07, 6.45) is 18.9. The van der Waals surface area contributed by atoms with Crippen molar-refractivity contribution >= 4 is 6.21 Å². The quantitative estimate of drug-likeness (QED) is 0.275. The lowest BCUT2D eigenvalue weighted by molar-refractivity contribution is 0.552. The van der Waals surface area contributed by atoms with E-state index in [1.807, 2.05) is 0 Å². The van der Waals surface area contributed by atoms with E-state index in [1.54, 1.807) is 0 Å². The van der Waals surface area contributed by atoms with Crippen LogP contribution in [0.25, 0.3) is 0 Å². The van der Waals surface area contributed by atoms with Gasteiger partial charge < -0.3 is 0 Å². The second kappa shape index (κ2) is 14.7. The van der Waals surface area contributed by atoms with Gasteiger partial charge in [0, 0.05) is 6.04 Å². The Balaban J connectivity index is 2.99. The van der Waals surface area contributed by atoms with Gasteiger partial charge >= 0.3 is 0 Å². The lowest BCUT2D eigenvalue weighted by atomic mass is 10.1. The molecule has 1 nitrogen and oxygen atoms in total. The largest absolute Gasteiger partial charge is 0.295 e. The molecule has 0 heterocycles. The molecule has 0 radical (unpaired) electrons. The Kier molecular flexibility index (Phi) is 14.5. The number of aliphatic imine (C=N–C) groups is 1. The molecular formula is C17H35N. The second-order valence-corrected chi connectivity index (χ2v) is 5.75. The molecule has 0 N–H and O–H groups in total. The predicted molar refractivity (Wildman–Crippen MR) is 84.7 cm³/mol. The summed E-state index contributed by atoms with van der Waals surface area (Å²) < 4.78 is 0. The summed E-state index contributed by atoms with van der Waals surface area (Å²) in [5, 5.41) is 0. The SMILES string of the molecule is CCCCCCCCCCCCCC=NC(C)C. The Labute approximate surface area is 115 Å². The van der Waals surface area contributed by atoms with Crippen molar-refractivity contribution < 1.29 is 0 Å². The van der Waals surface area contributed by atoms with E-state index in [4.69, 9.17) is 0 Å². The van der Waals surface area contributed by atoms with E-state index in [9.17, 15) is 0 Å². The van der Waals surface area contributed by atoms with Crippen LogP contribution >= 0.6 is 0 Å². The molecule has 0 aromatic carbocycles. The Morgan fingerprint density at radius 2 is 1.17 bits per heavy atom. The molecule has 0 spiro atoms. The minimum atomic E-state index is 0.470. The molecule has 0 bridgehead atoms. The van der Waals surface area contributed by atoms with E-state index in [1.165, 1.54) is 77.0 Å². The second-order valence-electron chi connectivity index (χ2n) is 5.75. The summed E-state index contributed by atoms with van der Waals surface area (Å²) >= 11 is 0. The Morgan fingerprint density at radius 1 is 0.722 bits per heavy atom. The maximum absolute atomic E-state index is 4.38. The van der Waals surface area contributed by atoms with Crippen LogP contribution in [0.2, 0.25) is 0 Å². The number of hydrogen-bond acceptors (Lipinski definition) is 1. The summed E-state index contributed by atoms with van der Waals surface area (Å²) in [5.74, 6) is 0. The van der Waals surface area contributed by atoms with Crippen molar-refractivity contribution in [1.29, 1.82) is 0 Å². The molecule has 0 aliphatic carbocycles. The minimum Gasteiger partial charge on any atom is -0.295 e. The van der Waals surface area contributed by atoms with Crippen LogP contribution in [0.4, 0.5) is 0 Å². The maximum atomic E-state index is 4.38. The van der Waals surface area contributed by atoms with Gasteiger partial charge in [-0.2, -0.15) is 0 Å². The van der Waals surface area contributed by atoms with Gasteiger partial charge in [0.25, 0.3) is 0 Å². The minimum absolute atomic E-state index is 0.470. The van der Waals surface area contributed by atoms with Crippen molar-refractivity contribution in [2.75, 3.05) is 0 Å². The molecule has 18 heavy (non-hydrogen) atoms. The van der Waals surface area contributed by atoms with Gasteiger partial charge in [-0.3, -0.25) is 4.99 Å². The third kappa shape index (κ3) is 15.7. The standard InChI is InChI=1S/C17H35N/c1-4-5-6-7-8-9-10-11-12-13-14-15-16-18-17(2)3/h16-17H,4-15H2,1-3H3. The lowest BCUT2D eigenvalue weighted by Gasteiger charge is -2.01. The van der Waals surface area contributed by atoms with Crippen molar-refractivity contribution in [3.05, 3.63) is 0 Å². The molecule has 0 saturated heterocycles. The fourth-order valence-corrected chi connectivity index (χ4v) is 2.19. The Morgan fingerprint density at radius 3 is 1.61 bits per heavy atom. The topological polar surface area (TPSA) is 12.4 Å². The molecule has 0 aliphatic heterocycles. The molecule has 0 rings (SSSR count). The molecule has 0 unspecified atom stereocenters. The summed E-state index contributed by atoms with van der Waals surface area (Å²) in [6, 6.07) is 0.470. The molecule has 0 aromatic heterocycles. The molecule has 0 fully saturated rings. The van der Waals surface area contributed by atoms with Crippen molar-refractivity contribution in [1.82, 2.24) is 0 Å². The number of rotatable bonds is 13. The van der Waals surface area contributed by atoms with Crippen LogP contribution < -0.4 is 0 Å². The number of hydrogen-bond donors (Lipinski definition) is 0. The van der Waals surface area contributed by atoms with Gasteiger partial charge in [0.15, 0.2) is 0 Å². The van der Waals surface area contributed by atoms with E-state index in [0.29, 0.717) is 6.04 Å². The zero-order valence-corrected chi connectivity index (χ0v) is 13.1. The van der Waals surface area contributed by atoms with Gasteiger partial charge in [-0.15, -0.1) is 0 Å². The first-order valence-corrected chi connectivity index (χ1v) is 8.29.